The zero-order valence-electron chi connectivity index (χ0n) is 12.3. The van der Waals surface area contributed by atoms with Crippen LogP contribution in [0, 0.1) is 5.41 Å². The number of nitrogens with two attached hydrogens (primary N) is 1. The van der Waals surface area contributed by atoms with Gasteiger partial charge in [0.15, 0.2) is 0 Å². The highest BCUT2D eigenvalue weighted by atomic mass is 35.5. The van der Waals surface area contributed by atoms with E-state index in [0.717, 1.165) is 25.6 Å². The summed E-state index contributed by atoms with van der Waals surface area (Å²) in [4.78, 5) is 8.64. The molecule has 1 atom stereocenters. The Morgan fingerprint density at radius 2 is 2.20 bits per heavy atom. The van der Waals surface area contributed by atoms with Crippen molar-refractivity contribution >= 4 is 23.7 Å². The Bertz CT molecular complexity index is 431. The third-order valence-corrected chi connectivity index (χ3v) is 5.93. The van der Waals surface area contributed by atoms with Gasteiger partial charge in [0.1, 0.15) is 0 Å². The molecule has 2 heterocycles. The van der Waals surface area contributed by atoms with Crippen molar-refractivity contribution in [3.63, 3.8) is 0 Å². The highest BCUT2D eigenvalue weighted by Gasteiger charge is 2.32. The molecule has 1 aliphatic carbocycles. The second-order valence-electron chi connectivity index (χ2n) is 6.62. The van der Waals surface area contributed by atoms with E-state index in [1.807, 2.05) is 11.3 Å². The molecule has 3 rings (SSSR count). The molecule has 20 heavy (non-hydrogen) atoms. The van der Waals surface area contributed by atoms with Crippen LogP contribution in [0.2, 0.25) is 0 Å². The Morgan fingerprint density at radius 3 is 2.85 bits per heavy atom. The molecule has 1 saturated heterocycles. The van der Waals surface area contributed by atoms with Gasteiger partial charge in [-0.25, -0.2) is 4.98 Å². The van der Waals surface area contributed by atoms with E-state index in [1.165, 1.54) is 48.5 Å². The monoisotopic (exact) mass is 315 g/mol. The highest BCUT2D eigenvalue weighted by Crippen LogP contribution is 2.37. The first-order valence-corrected chi connectivity index (χ1v) is 8.37. The van der Waals surface area contributed by atoms with E-state index in [1.54, 1.807) is 0 Å². The molecule has 0 spiro atoms. The van der Waals surface area contributed by atoms with Crippen LogP contribution in [0.1, 0.15) is 54.8 Å². The summed E-state index contributed by atoms with van der Waals surface area (Å²) in [6.07, 6.45) is 8.82. The van der Waals surface area contributed by atoms with Crippen molar-refractivity contribution in [2.24, 2.45) is 11.1 Å². The van der Waals surface area contributed by atoms with Gasteiger partial charge in [0, 0.05) is 30.1 Å². The standard InChI is InChI=1S/C15H25N3S.ClH/c1-15(10-16)6-7-18(11-15)9-13-8-17-14(19-13)12-4-2-3-5-12;/h8,12H,2-7,9-11,16H2,1H3;1H. The number of nitrogens with zero attached hydrogens (tertiary/aromatic N) is 2. The maximum Gasteiger partial charge on any atom is 0.0959 e. The van der Waals surface area contributed by atoms with Crippen LogP contribution in [0.15, 0.2) is 6.20 Å². The topological polar surface area (TPSA) is 42.1 Å². The van der Waals surface area contributed by atoms with Gasteiger partial charge < -0.3 is 5.73 Å². The molecule has 1 aliphatic heterocycles. The lowest BCUT2D eigenvalue weighted by atomic mass is 9.90. The van der Waals surface area contributed by atoms with Crippen LogP contribution < -0.4 is 5.73 Å². The van der Waals surface area contributed by atoms with E-state index in [2.05, 4.69) is 23.0 Å². The minimum absolute atomic E-state index is 0. The van der Waals surface area contributed by atoms with E-state index >= 15 is 0 Å². The third kappa shape index (κ3) is 3.53. The van der Waals surface area contributed by atoms with Crippen molar-refractivity contribution in [3.8, 4) is 0 Å². The molecule has 2 fully saturated rings. The zero-order chi connectivity index (χ0) is 13.3. The summed E-state index contributed by atoms with van der Waals surface area (Å²) < 4.78 is 0. The van der Waals surface area contributed by atoms with Crippen LogP contribution in [0.5, 0.6) is 0 Å². The first-order chi connectivity index (χ1) is 9.18. The smallest absolute Gasteiger partial charge is 0.0959 e. The third-order valence-electron chi connectivity index (χ3n) is 4.79. The van der Waals surface area contributed by atoms with Gasteiger partial charge in [0.05, 0.1) is 5.01 Å². The van der Waals surface area contributed by atoms with Gasteiger partial charge in [-0.1, -0.05) is 19.8 Å². The van der Waals surface area contributed by atoms with Crippen LogP contribution in [-0.4, -0.2) is 29.5 Å². The largest absolute Gasteiger partial charge is 0.330 e. The molecule has 2 N–H and O–H groups in total. The van der Waals surface area contributed by atoms with Crippen LogP contribution >= 0.6 is 23.7 Å². The average molecular weight is 316 g/mol. The Kier molecular flexibility index (Phi) is 5.46. The van der Waals surface area contributed by atoms with E-state index in [4.69, 9.17) is 5.73 Å². The second-order valence-corrected chi connectivity index (χ2v) is 7.77. The minimum atomic E-state index is 0. The Balaban J connectivity index is 0.00000147. The van der Waals surface area contributed by atoms with Gasteiger partial charge in [-0.05, 0) is 37.8 Å². The fourth-order valence-electron chi connectivity index (χ4n) is 3.41. The molecular weight excluding hydrogens is 290 g/mol. The van der Waals surface area contributed by atoms with Gasteiger partial charge in [-0.2, -0.15) is 0 Å². The lowest BCUT2D eigenvalue weighted by molar-refractivity contribution is 0.276. The van der Waals surface area contributed by atoms with Gasteiger partial charge in [-0.3, -0.25) is 4.90 Å². The Morgan fingerprint density at radius 1 is 1.45 bits per heavy atom. The summed E-state index contributed by atoms with van der Waals surface area (Å²) in [5.41, 5.74) is 6.21. The van der Waals surface area contributed by atoms with Crippen molar-refractivity contribution in [1.82, 2.24) is 9.88 Å². The van der Waals surface area contributed by atoms with Crippen molar-refractivity contribution in [2.45, 2.75) is 51.5 Å². The predicted molar refractivity (Wildman–Crippen MR) is 87.6 cm³/mol. The van der Waals surface area contributed by atoms with E-state index < -0.39 is 0 Å². The molecule has 2 aliphatic rings. The number of rotatable bonds is 4. The molecular formula is C15H26ClN3S. The normalized spacial score (nSPS) is 27.9. The van der Waals surface area contributed by atoms with Gasteiger partial charge >= 0.3 is 0 Å². The van der Waals surface area contributed by atoms with Crippen LogP contribution in [-0.2, 0) is 6.54 Å². The number of thiazole rings is 1. The molecule has 1 unspecified atom stereocenters. The van der Waals surface area contributed by atoms with E-state index in [9.17, 15) is 0 Å². The SMILES string of the molecule is CC1(CN)CCN(Cc2cnc(C3CCCC3)s2)C1.Cl. The second kappa shape index (κ2) is 6.73. The molecule has 0 bridgehead atoms. The maximum atomic E-state index is 5.87. The molecule has 5 heteroatoms. The maximum absolute atomic E-state index is 5.87. The Labute approximate surface area is 132 Å². The number of halogens is 1. The van der Waals surface area contributed by atoms with E-state index in [-0.39, 0.29) is 12.4 Å². The van der Waals surface area contributed by atoms with Crippen molar-refractivity contribution in [3.05, 3.63) is 16.1 Å². The van der Waals surface area contributed by atoms with Crippen molar-refractivity contribution in [1.29, 1.82) is 0 Å². The molecule has 0 radical (unpaired) electrons. The number of hydrogen-bond acceptors (Lipinski definition) is 4. The lowest BCUT2D eigenvalue weighted by Gasteiger charge is -2.22. The first kappa shape index (κ1) is 16.2. The summed E-state index contributed by atoms with van der Waals surface area (Å²) in [7, 11) is 0. The summed E-state index contributed by atoms with van der Waals surface area (Å²) >= 11 is 1.94. The predicted octanol–water partition coefficient (Wildman–Crippen LogP) is 3.39. The zero-order valence-corrected chi connectivity index (χ0v) is 13.9. The van der Waals surface area contributed by atoms with Gasteiger partial charge in [0.25, 0.3) is 0 Å². The molecule has 0 amide bonds. The number of aromatic nitrogens is 1. The highest BCUT2D eigenvalue weighted by molar-refractivity contribution is 7.11. The fourth-order valence-corrected chi connectivity index (χ4v) is 4.53. The molecule has 114 valence electrons. The van der Waals surface area contributed by atoms with Gasteiger partial charge in [-0.15, -0.1) is 23.7 Å². The molecule has 0 aromatic carbocycles. The van der Waals surface area contributed by atoms with Crippen LogP contribution in [0.25, 0.3) is 0 Å². The van der Waals surface area contributed by atoms with Gasteiger partial charge in [0.2, 0.25) is 0 Å². The fraction of sp³-hybridized carbons (Fsp3) is 0.800. The van der Waals surface area contributed by atoms with Crippen molar-refractivity contribution in [2.75, 3.05) is 19.6 Å². The summed E-state index contributed by atoms with van der Waals surface area (Å²) in [6, 6.07) is 0. The molecule has 3 nitrogen and oxygen atoms in total. The van der Waals surface area contributed by atoms with Crippen molar-refractivity contribution < 1.29 is 0 Å². The molecule has 1 saturated carbocycles. The summed E-state index contributed by atoms with van der Waals surface area (Å²) in [5, 5.41) is 1.38. The first-order valence-electron chi connectivity index (χ1n) is 7.56. The number of likely N-dealkylation sites (tertiary alicyclic amines) is 1. The summed E-state index contributed by atoms with van der Waals surface area (Å²) in [6.45, 7) is 6.51. The number of hydrogen-bond donors (Lipinski definition) is 1. The summed E-state index contributed by atoms with van der Waals surface area (Å²) in [5.74, 6) is 0.756. The minimum Gasteiger partial charge on any atom is -0.330 e. The Hall–Kier alpha value is -0.160. The van der Waals surface area contributed by atoms with E-state index in [0.29, 0.717) is 5.41 Å². The molecule has 1 aromatic rings. The van der Waals surface area contributed by atoms with Crippen LogP contribution in [0.4, 0.5) is 0 Å². The lowest BCUT2D eigenvalue weighted by Crippen LogP contribution is -2.30. The average Bonchev–Trinajstić information content (AvgIpc) is 3.11. The van der Waals surface area contributed by atoms with Crippen LogP contribution in [0.3, 0.4) is 0 Å². The quantitative estimate of drug-likeness (QED) is 0.926. The molecule has 1 aromatic heterocycles.